The Balaban J connectivity index is 1.63. The number of morpholine rings is 1. The van der Waals surface area contributed by atoms with Crippen LogP contribution in [0.25, 0.3) is 0 Å². The zero-order valence-corrected chi connectivity index (χ0v) is 10.9. The first-order chi connectivity index (χ1) is 7.74. The Labute approximate surface area is 103 Å². The van der Waals surface area contributed by atoms with E-state index in [0.29, 0.717) is 17.5 Å². The molecule has 1 atom stereocenters. The van der Waals surface area contributed by atoms with Crippen LogP contribution >= 0.6 is 11.6 Å². The summed E-state index contributed by atoms with van der Waals surface area (Å²) in [7, 11) is 2.16. The first kappa shape index (κ1) is 12.6. The molecule has 0 aromatic rings. The standard InChI is InChI=1S/C12H23ClN2O/c1-15-6-7-16-12(9-15)8-14-11-4-2-10(13)3-5-11/h10-12,14H,2-9H2,1H3. The van der Waals surface area contributed by atoms with Crippen LogP contribution in [0.1, 0.15) is 25.7 Å². The van der Waals surface area contributed by atoms with Crippen LogP contribution in [0.5, 0.6) is 0 Å². The zero-order chi connectivity index (χ0) is 11.4. The lowest BCUT2D eigenvalue weighted by molar-refractivity contribution is -0.0197. The Morgan fingerprint density at radius 1 is 1.31 bits per heavy atom. The van der Waals surface area contributed by atoms with Gasteiger partial charge in [-0.3, -0.25) is 0 Å². The molecule has 94 valence electrons. The smallest absolute Gasteiger partial charge is 0.0826 e. The summed E-state index contributed by atoms with van der Waals surface area (Å²) in [5, 5.41) is 4.03. The molecule has 1 N–H and O–H groups in total. The first-order valence-electron chi connectivity index (χ1n) is 6.41. The van der Waals surface area contributed by atoms with Crippen LogP contribution in [-0.4, -0.2) is 55.7 Å². The molecular formula is C12H23ClN2O. The SMILES string of the molecule is CN1CCOC(CNC2CCC(Cl)CC2)C1. The highest BCUT2D eigenvalue weighted by molar-refractivity contribution is 6.20. The van der Waals surface area contributed by atoms with Crippen molar-refractivity contribution >= 4 is 11.6 Å². The fourth-order valence-corrected chi connectivity index (χ4v) is 2.80. The van der Waals surface area contributed by atoms with Crippen molar-refractivity contribution in [2.45, 2.75) is 43.2 Å². The predicted octanol–water partition coefficient (Wildman–Crippen LogP) is 1.46. The highest BCUT2D eigenvalue weighted by Gasteiger charge is 2.22. The van der Waals surface area contributed by atoms with E-state index < -0.39 is 0 Å². The summed E-state index contributed by atoms with van der Waals surface area (Å²) in [5.41, 5.74) is 0. The first-order valence-corrected chi connectivity index (χ1v) is 6.85. The number of nitrogens with zero attached hydrogens (tertiary/aromatic N) is 1. The molecule has 1 aliphatic heterocycles. The minimum atomic E-state index is 0.368. The maximum Gasteiger partial charge on any atom is 0.0826 e. The van der Waals surface area contributed by atoms with Gasteiger partial charge in [0.2, 0.25) is 0 Å². The lowest BCUT2D eigenvalue weighted by atomic mass is 9.95. The summed E-state index contributed by atoms with van der Waals surface area (Å²) in [5.74, 6) is 0. The molecule has 2 fully saturated rings. The molecule has 3 nitrogen and oxygen atoms in total. The van der Waals surface area contributed by atoms with Gasteiger partial charge in [-0.1, -0.05) is 0 Å². The van der Waals surface area contributed by atoms with Gasteiger partial charge in [0.1, 0.15) is 0 Å². The fourth-order valence-electron chi connectivity index (χ4n) is 2.55. The van der Waals surface area contributed by atoms with Crippen molar-refractivity contribution < 1.29 is 4.74 Å². The van der Waals surface area contributed by atoms with E-state index in [1.54, 1.807) is 0 Å². The monoisotopic (exact) mass is 246 g/mol. The Morgan fingerprint density at radius 2 is 2.06 bits per heavy atom. The Kier molecular flexibility index (Phi) is 4.89. The Morgan fingerprint density at radius 3 is 2.75 bits per heavy atom. The molecule has 0 radical (unpaired) electrons. The maximum absolute atomic E-state index is 6.09. The molecule has 0 bridgehead atoms. The van der Waals surface area contributed by atoms with Crippen molar-refractivity contribution in [2.75, 3.05) is 33.3 Å². The van der Waals surface area contributed by atoms with Crippen molar-refractivity contribution in [3.8, 4) is 0 Å². The van der Waals surface area contributed by atoms with Crippen LogP contribution in [0.15, 0.2) is 0 Å². The van der Waals surface area contributed by atoms with E-state index in [1.165, 1.54) is 12.8 Å². The van der Waals surface area contributed by atoms with Gasteiger partial charge in [0.05, 0.1) is 12.7 Å². The third-order valence-corrected chi connectivity index (χ3v) is 4.07. The van der Waals surface area contributed by atoms with Gasteiger partial charge in [-0.05, 0) is 32.7 Å². The lowest BCUT2D eigenvalue weighted by Crippen LogP contribution is -2.47. The van der Waals surface area contributed by atoms with E-state index in [9.17, 15) is 0 Å². The minimum Gasteiger partial charge on any atom is -0.374 e. The molecule has 2 rings (SSSR count). The average Bonchev–Trinajstić information content (AvgIpc) is 2.28. The summed E-state index contributed by atoms with van der Waals surface area (Å²) >= 11 is 6.09. The number of halogens is 1. The van der Waals surface area contributed by atoms with Crippen LogP contribution in [0.2, 0.25) is 0 Å². The zero-order valence-electron chi connectivity index (χ0n) is 10.1. The molecule has 4 heteroatoms. The van der Waals surface area contributed by atoms with E-state index in [1.807, 2.05) is 0 Å². The molecule has 0 amide bonds. The molecule has 1 heterocycles. The van der Waals surface area contributed by atoms with E-state index in [2.05, 4.69) is 17.3 Å². The average molecular weight is 247 g/mol. The van der Waals surface area contributed by atoms with Gasteiger partial charge in [0.15, 0.2) is 0 Å². The molecule has 2 aliphatic rings. The van der Waals surface area contributed by atoms with Crippen molar-refractivity contribution in [1.29, 1.82) is 0 Å². The largest absolute Gasteiger partial charge is 0.374 e. The molecule has 1 aliphatic carbocycles. The number of hydrogen-bond donors (Lipinski definition) is 1. The summed E-state index contributed by atoms with van der Waals surface area (Å²) in [6.07, 6.45) is 5.12. The van der Waals surface area contributed by atoms with E-state index in [-0.39, 0.29) is 0 Å². The highest BCUT2D eigenvalue weighted by atomic mass is 35.5. The summed E-state index contributed by atoms with van der Waals surface area (Å²) < 4.78 is 5.73. The normalized spacial score (nSPS) is 37.5. The van der Waals surface area contributed by atoms with Gasteiger partial charge in [0, 0.05) is 31.1 Å². The minimum absolute atomic E-state index is 0.368. The van der Waals surface area contributed by atoms with Crippen LogP contribution in [-0.2, 0) is 4.74 Å². The molecule has 1 unspecified atom stereocenters. The van der Waals surface area contributed by atoms with Crippen LogP contribution in [0.3, 0.4) is 0 Å². The summed E-state index contributed by atoms with van der Waals surface area (Å²) in [6, 6.07) is 0.658. The lowest BCUT2D eigenvalue weighted by Gasteiger charge is -2.32. The van der Waals surface area contributed by atoms with E-state index >= 15 is 0 Å². The number of alkyl halides is 1. The van der Waals surface area contributed by atoms with Crippen LogP contribution in [0.4, 0.5) is 0 Å². The van der Waals surface area contributed by atoms with Gasteiger partial charge in [0.25, 0.3) is 0 Å². The van der Waals surface area contributed by atoms with E-state index in [0.717, 1.165) is 39.1 Å². The quantitative estimate of drug-likeness (QED) is 0.764. The molecule has 0 aromatic carbocycles. The van der Waals surface area contributed by atoms with Crippen molar-refractivity contribution in [1.82, 2.24) is 10.2 Å². The number of likely N-dealkylation sites (N-methyl/N-ethyl adjacent to an activating group) is 1. The van der Waals surface area contributed by atoms with Gasteiger partial charge in [-0.2, -0.15) is 0 Å². The topological polar surface area (TPSA) is 24.5 Å². The Hall–Kier alpha value is 0.170. The van der Waals surface area contributed by atoms with Gasteiger partial charge < -0.3 is 15.0 Å². The van der Waals surface area contributed by atoms with Crippen LogP contribution < -0.4 is 5.32 Å². The number of nitrogens with one attached hydrogen (secondary N) is 1. The second-order valence-electron chi connectivity index (χ2n) is 5.11. The highest BCUT2D eigenvalue weighted by Crippen LogP contribution is 2.22. The molecule has 0 aromatic heterocycles. The Bertz CT molecular complexity index is 207. The number of hydrogen-bond acceptors (Lipinski definition) is 3. The molecule has 16 heavy (non-hydrogen) atoms. The summed E-state index contributed by atoms with van der Waals surface area (Å²) in [6.45, 7) is 3.98. The van der Waals surface area contributed by atoms with E-state index in [4.69, 9.17) is 16.3 Å². The van der Waals surface area contributed by atoms with Crippen molar-refractivity contribution in [2.24, 2.45) is 0 Å². The maximum atomic E-state index is 6.09. The second-order valence-corrected chi connectivity index (χ2v) is 5.73. The predicted molar refractivity (Wildman–Crippen MR) is 67.1 cm³/mol. The molecule has 1 saturated carbocycles. The summed E-state index contributed by atoms with van der Waals surface area (Å²) in [4.78, 5) is 2.34. The second kappa shape index (κ2) is 6.20. The van der Waals surface area contributed by atoms with Crippen LogP contribution in [0, 0.1) is 0 Å². The molecule has 0 spiro atoms. The number of rotatable bonds is 3. The van der Waals surface area contributed by atoms with Crippen molar-refractivity contribution in [3.63, 3.8) is 0 Å². The van der Waals surface area contributed by atoms with Gasteiger partial charge in [-0.15, -0.1) is 11.6 Å². The third-order valence-electron chi connectivity index (χ3n) is 3.63. The third kappa shape index (κ3) is 3.88. The fraction of sp³-hybridized carbons (Fsp3) is 1.00. The molecular weight excluding hydrogens is 224 g/mol. The number of ether oxygens (including phenoxy) is 1. The van der Waals surface area contributed by atoms with Crippen molar-refractivity contribution in [3.05, 3.63) is 0 Å². The van der Waals surface area contributed by atoms with Gasteiger partial charge in [-0.25, -0.2) is 0 Å². The molecule has 1 saturated heterocycles. The van der Waals surface area contributed by atoms with Gasteiger partial charge >= 0.3 is 0 Å².